The quantitative estimate of drug-likeness (QED) is 0.545. The van der Waals surface area contributed by atoms with E-state index in [0.717, 1.165) is 19.4 Å². The molecule has 6 heteroatoms. The molecule has 0 aliphatic carbocycles. The Morgan fingerprint density at radius 1 is 1.41 bits per heavy atom. The summed E-state index contributed by atoms with van der Waals surface area (Å²) in [7, 11) is 0. The normalized spacial score (nSPS) is 18.9. The van der Waals surface area contributed by atoms with Crippen LogP contribution in [0.15, 0.2) is 24.3 Å². The van der Waals surface area contributed by atoms with Gasteiger partial charge in [0, 0.05) is 6.61 Å². The number of rotatable bonds is 8. The molecule has 1 aliphatic rings. The standard InChI is InChI=1S/C16H21FO5/c1-12(22-11-13-5-4-8-19-13)16(18)21-10-9-20-15-7-3-2-6-14(15)17/h2-3,6-7,12-13H,4-5,8-11H2,1H3. The molecule has 2 unspecified atom stereocenters. The van der Waals surface area contributed by atoms with E-state index in [9.17, 15) is 9.18 Å². The van der Waals surface area contributed by atoms with Gasteiger partial charge in [-0.2, -0.15) is 0 Å². The predicted molar refractivity (Wildman–Crippen MR) is 77.2 cm³/mol. The summed E-state index contributed by atoms with van der Waals surface area (Å²) >= 11 is 0. The lowest BCUT2D eigenvalue weighted by molar-refractivity contribution is -0.158. The highest BCUT2D eigenvalue weighted by Crippen LogP contribution is 2.15. The fraction of sp³-hybridized carbons (Fsp3) is 0.562. The van der Waals surface area contributed by atoms with E-state index >= 15 is 0 Å². The van der Waals surface area contributed by atoms with E-state index in [2.05, 4.69) is 0 Å². The maximum Gasteiger partial charge on any atom is 0.335 e. The maximum absolute atomic E-state index is 13.3. The molecule has 1 aromatic carbocycles. The van der Waals surface area contributed by atoms with Gasteiger partial charge in [-0.3, -0.25) is 0 Å². The average Bonchev–Trinajstić information content (AvgIpc) is 3.04. The van der Waals surface area contributed by atoms with Crippen LogP contribution in [0.25, 0.3) is 0 Å². The number of benzene rings is 1. The predicted octanol–water partition coefficient (Wildman–Crippen LogP) is 2.33. The number of para-hydroxylation sites is 1. The maximum atomic E-state index is 13.3. The van der Waals surface area contributed by atoms with Crippen molar-refractivity contribution in [2.45, 2.75) is 32.0 Å². The van der Waals surface area contributed by atoms with Crippen molar-refractivity contribution in [3.63, 3.8) is 0 Å². The lowest BCUT2D eigenvalue weighted by Gasteiger charge is -2.15. The van der Waals surface area contributed by atoms with Crippen LogP contribution in [0.1, 0.15) is 19.8 Å². The smallest absolute Gasteiger partial charge is 0.335 e. The monoisotopic (exact) mass is 312 g/mol. The molecule has 1 heterocycles. The molecule has 0 N–H and O–H groups in total. The molecule has 0 amide bonds. The first kappa shape index (κ1) is 16.7. The molecule has 1 aliphatic heterocycles. The zero-order valence-electron chi connectivity index (χ0n) is 12.6. The number of esters is 1. The van der Waals surface area contributed by atoms with Gasteiger partial charge in [0.05, 0.1) is 12.7 Å². The Morgan fingerprint density at radius 3 is 2.95 bits per heavy atom. The second-order valence-corrected chi connectivity index (χ2v) is 5.06. The first-order chi connectivity index (χ1) is 10.7. The van der Waals surface area contributed by atoms with Crippen LogP contribution in [0.2, 0.25) is 0 Å². The third kappa shape index (κ3) is 5.27. The first-order valence-corrected chi connectivity index (χ1v) is 7.44. The van der Waals surface area contributed by atoms with Crippen LogP contribution in [0.4, 0.5) is 4.39 Å². The molecular formula is C16H21FO5. The van der Waals surface area contributed by atoms with E-state index in [1.54, 1.807) is 19.1 Å². The third-order valence-corrected chi connectivity index (χ3v) is 3.31. The lowest BCUT2D eigenvalue weighted by Crippen LogP contribution is -2.28. The van der Waals surface area contributed by atoms with Crippen molar-refractivity contribution >= 4 is 5.97 Å². The summed E-state index contributed by atoms with van der Waals surface area (Å²) in [4.78, 5) is 11.7. The van der Waals surface area contributed by atoms with Crippen molar-refractivity contribution in [2.75, 3.05) is 26.4 Å². The Bertz CT molecular complexity index is 473. The minimum atomic E-state index is -0.655. The molecule has 0 radical (unpaired) electrons. The van der Waals surface area contributed by atoms with E-state index in [1.165, 1.54) is 12.1 Å². The van der Waals surface area contributed by atoms with Crippen LogP contribution >= 0.6 is 0 Å². The van der Waals surface area contributed by atoms with E-state index in [4.69, 9.17) is 18.9 Å². The minimum absolute atomic E-state index is 0.0425. The Labute approximate surface area is 129 Å². The van der Waals surface area contributed by atoms with Gasteiger partial charge in [-0.15, -0.1) is 0 Å². The van der Waals surface area contributed by atoms with Crippen molar-refractivity contribution in [3.05, 3.63) is 30.1 Å². The van der Waals surface area contributed by atoms with Gasteiger partial charge in [0.25, 0.3) is 0 Å². The van der Waals surface area contributed by atoms with Gasteiger partial charge >= 0.3 is 5.97 Å². The molecule has 0 aromatic heterocycles. The first-order valence-electron chi connectivity index (χ1n) is 7.44. The van der Waals surface area contributed by atoms with E-state index < -0.39 is 17.9 Å². The largest absolute Gasteiger partial charge is 0.487 e. The summed E-state index contributed by atoms with van der Waals surface area (Å²) in [6.07, 6.45) is 1.40. The third-order valence-electron chi connectivity index (χ3n) is 3.31. The van der Waals surface area contributed by atoms with Gasteiger partial charge in [-0.05, 0) is 31.9 Å². The SMILES string of the molecule is CC(OCC1CCCO1)C(=O)OCCOc1ccccc1F. The van der Waals surface area contributed by atoms with Crippen molar-refractivity contribution in [1.82, 2.24) is 0 Å². The van der Waals surface area contributed by atoms with Gasteiger partial charge in [0.2, 0.25) is 0 Å². The molecule has 22 heavy (non-hydrogen) atoms. The second kappa shape index (κ2) is 8.70. The van der Waals surface area contributed by atoms with Crippen molar-refractivity contribution in [2.24, 2.45) is 0 Å². The second-order valence-electron chi connectivity index (χ2n) is 5.06. The van der Waals surface area contributed by atoms with Gasteiger partial charge in [-0.1, -0.05) is 12.1 Å². The van der Waals surface area contributed by atoms with Crippen molar-refractivity contribution in [1.29, 1.82) is 0 Å². The Hall–Kier alpha value is -1.66. The summed E-state index contributed by atoms with van der Waals surface area (Å²) in [5.74, 6) is -0.765. The number of hydrogen-bond acceptors (Lipinski definition) is 5. The minimum Gasteiger partial charge on any atom is -0.487 e. The molecule has 0 saturated carbocycles. The van der Waals surface area contributed by atoms with Gasteiger partial charge in [-0.25, -0.2) is 9.18 Å². The van der Waals surface area contributed by atoms with Crippen LogP contribution in [0.3, 0.4) is 0 Å². The zero-order chi connectivity index (χ0) is 15.8. The van der Waals surface area contributed by atoms with Crippen molar-refractivity contribution < 1.29 is 28.1 Å². The van der Waals surface area contributed by atoms with Gasteiger partial charge < -0.3 is 18.9 Å². The summed E-state index contributed by atoms with van der Waals surface area (Å²) in [6.45, 7) is 2.91. The van der Waals surface area contributed by atoms with E-state index in [1.807, 2.05) is 0 Å². The topological polar surface area (TPSA) is 54.0 Å². The molecule has 5 nitrogen and oxygen atoms in total. The molecule has 2 atom stereocenters. The molecule has 1 saturated heterocycles. The van der Waals surface area contributed by atoms with Gasteiger partial charge in [0.15, 0.2) is 17.7 Å². The number of halogens is 1. The molecule has 122 valence electrons. The summed E-state index contributed by atoms with van der Waals surface area (Å²) in [6, 6.07) is 6.08. The molecular weight excluding hydrogens is 291 g/mol. The Kier molecular flexibility index (Phi) is 6.61. The molecule has 1 aromatic rings. The van der Waals surface area contributed by atoms with Gasteiger partial charge in [0.1, 0.15) is 13.2 Å². The van der Waals surface area contributed by atoms with Crippen molar-refractivity contribution in [3.8, 4) is 5.75 Å². The van der Waals surface area contributed by atoms with Crippen LogP contribution < -0.4 is 4.74 Å². The number of carbonyl (C=O) groups is 1. The van der Waals surface area contributed by atoms with Crippen LogP contribution in [-0.4, -0.2) is 44.6 Å². The molecule has 2 rings (SSSR count). The highest BCUT2D eigenvalue weighted by molar-refractivity contribution is 5.74. The van der Waals surface area contributed by atoms with Crippen LogP contribution in [0, 0.1) is 5.82 Å². The summed E-state index contributed by atoms with van der Waals surface area (Å²) in [5, 5.41) is 0. The number of hydrogen-bond donors (Lipinski definition) is 0. The molecule has 1 fully saturated rings. The van der Waals surface area contributed by atoms with Crippen LogP contribution in [0.5, 0.6) is 5.75 Å². The summed E-state index contributed by atoms with van der Waals surface area (Å²) < 4.78 is 34.3. The zero-order valence-corrected chi connectivity index (χ0v) is 12.6. The average molecular weight is 312 g/mol. The Morgan fingerprint density at radius 2 is 2.23 bits per heavy atom. The molecule has 0 spiro atoms. The fourth-order valence-corrected chi connectivity index (χ4v) is 2.07. The van der Waals surface area contributed by atoms with E-state index in [0.29, 0.717) is 6.61 Å². The van der Waals surface area contributed by atoms with E-state index in [-0.39, 0.29) is 25.1 Å². The number of carbonyl (C=O) groups excluding carboxylic acids is 1. The highest BCUT2D eigenvalue weighted by atomic mass is 19.1. The fourth-order valence-electron chi connectivity index (χ4n) is 2.07. The number of ether oxygens (including phenoxy) is 4. The Balaban J connectivity index is 1.59. The summed E-state index contributed by atoms with van der Waals surface area (Å²) in [5.41, 5.74) is 0. The van der Waals surface area contributed by atoms with Crippen LogP contribution in [-0.2, 0) is 19.0 Å². The highest BCUT2D eigenvalue weighted by Gasteiger charge is 2.20. The molecule has 0 bridgehead atoms. The lowest BCUT2D eigenvalue weighted by atomic mass is 10.2.